The van der Waals surface area contributed by atoms with Gasteiger partial charge in [-0.3, -0.25) is 9.48 Å². The van der Waals surface area contributed by atoms with E-state index in [1.807, 2.05) is 0 Å². The van der Waals surface area contributed by atoms with E-state index in [2.05, 4.69) is 20.9 Å². The van der Waals surface area contributed by atoms with Crippen LogP contribution in [0.1, 0.15) is 25.7 Å². The Morgan fingerprint density at radius 3 is 3.05 bits per heavy atom. The molecule has 1 amide bonds. The molecule has 0 unspecified atom stereocenters. The van der Waals surface area contributed by atoms with Crippen LogP contribution in [0.4, 0.5) is 0 Å². The van der Waals surface area contributed by atoms with E-state index in [1.54, 1.807) is 17.1 Å². The van der Waals surface area contributed by atoms with Crippen LogP contribution < -0.4 is 10.6 Å². The summed E-state index contributed by atoms with van der Waals surface area (Å²) in [6.07, 6.45) is 7.21. The van der Waals surface area contributed by atoms with E-state index >= 15 is 0 Å². The highest BCUT2D eigenvalue weighted by Crippen LogP contribution is 2.06. The second kappa shape index (κ2) is 8.65. The van der Waals surface area contributed by atoms with E-state index in [4.69, 9.17) is 4.74 Å². The Morgan fingerprint density at radius 2 is 2.30 bits per heavy atom. The fourth-order valence-electron chi connectivity index (χ4n) is 2.17. The van der Waals surface area contributed by atoms with Gasteiger partial charge in [0.15, 0.2) is 0 Å². The summed E-state index contributed by atoms with van der Waals surface area (Å²) in [5.74, 6) is 0.0439. The highest BCUT2D eigenvalue weighted by Gasteiger charge is 2.12. The number of carbonyl (C=O) groups excluding carboxylic acids is 1. The van der Waals surface area contributed by atoms with E-state index < -0.39 is 0 Å². The van der Waals surface area contributed by atoms with Crippen molar-refractivity contribution in [1.29, 1.82) is 0 Å². The molecule has 1 aliphatic rings. The normalized spacial score (nSPS) is 16.2. The van der Waals surface area contributed by atoms with Gasteiger partial charge < -0.3 is 15.4 Å². The molecule has 2 N–H and O–H groups in total. The van der Waals surface area contributed by atoms with E-state index in [1.165, 1.54) is 0 Å². The van der Waals surface area contributed by atoms with Crippen molar-refractivity contribution in [3.8, 4) is 0 Å². The number of carbonyl (C=O) groups is 1. The molecule has 20 heavy (non-hydrogen) atoms. The predicted octanol–water partition coefficient (Wildman–Crippen LogP) is -0.0569. The lowest BCUT2D eigenvalue weighted by Crippen LogP contribution is -2.33. The number of aryl methyl sites for hydroxylation is 1. The molecular formula is C13H23N5O2. The third-order valence-electron chi connectivity index (χ3n) is 3.32. The maximum atomic E-state index is 11.6. The Labute approximate surface area is 119 Å². The molecule has 0 saturated carbocycles. The zero-order valence-corrected chi connectivity index (χ0v) is 11.8. The fraction of sp³-hybridized carbons (Fsp3) is 0.769. The van der Waals surface area contributed by atoms with E-state index in [9.17, 15) is 4.79 Å². The first kappa shape index (κ1) is 14.9. The number of piperidine rings is 1. The Bertz CT molecular complexity index is 376. The molecule has 0 atom stereocenters. The van der Waals surface area contributed by atoms with Crippen molar-refractivity contribution in [3.63, 3.8) is 0 Å². The third kappa shape index (κ3) is 5.66. The smallest absolute Gasteiger partial charge is 0.221 e. The van der Waals surface area contributed by atoms with Gasteiger partial charge in [-0.25, -0.2) is 0 Å². The predicted molar refractivity (Wildman–Crippen MR) is 74.1 cm³/mol. The van der Waals surface area contributed by atoms with Crippen molar-refractivity contribution in [2.45, 2.75) is 38.3 Å². The third-order valence-corrected chi connectivity index (χ3v) is 3.32. The Balaban J connectivity index is 1.45. The van der Waals surface area contributed by atoms with Gasteiger partial charge in [-0.05, 0) is 32.4 Å². The van der Waals surface area contributed by atoms with Gasteiger partial charge in [0, 0.05) is 25.8 Å². The standard InChI is InChI=1S/C13H23N5O2/c19-13(4-9-18-10-8-16-17-18)15-5-1-11-20-12-2-6-14-7-3-12/h8,10,12,14H,1-7,9,11H2,(H,15,19). The largest absolute Gasteiger partial charge is 0.378 e. The van der Waals surface area contributed by atoms with E-state index in [0.29, 0.717) is 32.2 Å². The molecule has 7 nitrogen and oxygen atoms in total. The van der Waals surface area contributed by atoms with E-state index in [-0.39, 0.29) is 5.91 Å². The lowest BCUT2D eigenvalue weighted by atomic mass is 10.1. The van der Waals surface area contributed by atoms with E-state index in [0.717, 1.165) is 32.4 Å². The number of hydrogen-bond acceptors (Lipinski definition) is 5. The maximum absolute atomic E-state index is 11.6. The summed E-state index contributed by atoms with van der Waals surface area (Å²) >= 11 is 0. The molecule has 2 rings (SSSR count). The molecule has 0 spiro atoms. The zero-order valence-electron chi connectivity index (χ0n) is 11.8. The number of rotatable bonds is 8. The monoisotopic (exact) mass is 281 g/mol. The number of nitrogens with one attached hydrogen (secondary N) is 2. The van der Waals surface area contributed by atoms with Crippen LogP contribution in [0.5, 0.6) is 0 Å². The van der Waals surface area contributed by atoms with Crippen LogP contribution in [0.3, 0.4) is 0 Å². The van der Waals surface area contributed by atoms with Crippen LogP contribution in [-0.2, 0) is 16.1 Å². The summed E-state index contributed by atoms with van der Waals surface area (Å²) in [6, 6.07) is 0. The number of amides is 1. The van der Waals surface area contributed by atoms with Crippen molar-refractivity contribution >= 4 is 5.91 Å². The second-order valence-electron chi connectivity index (χ2n) is 4.94. The fourth-order valence-corrected chi connectivity index (χ4v) is 2.17. The molecule has 0 radical (unpaired) electrons. The first-order chi connectivity index (χ1) is 9.84. The molecule has 0 aromatic carbocycles. The second-order valence-corrected chi connectivity index (χ2v) is 4.94. The average Bonchev–Trinajstić information content (AvgIpc) is 2.99. The number of hydrogen-bond donors (Lipinski definition) is 2. The summed E-state index contributed by atoms with van der Waals surface area (Å²) < 4.78 is 7.42. The van der Waals surface area contributed by atoms with Crippen LogP contribution in [-0.4, -0.2) is 53.2 Å². The van der Waals surface area contributed by atoms with Gasteiger partial charge in [0.2, 0.25) is 5.91 Å². The minimum atomic E-state index is 0.0439. The van der Waals surface area contributed by atoms with Gasteiger partial charge in [0.1, 0.15) is 0 Å². The lowest BCUT2D eigenvalue weighted by Gasteiger charge is -2.22. The molecule has 2 heterocycles. The molecule has 1 fully saturated rings. The van der Waals surface area contributed by atoms with Crippen LogP contribution >= 0.6 is 0 Å². The van der Waals surface area contributed by atoms with Gasteiger partial charge in [0.05, 0.1) is 18.8 Å². The van der Waals surface area contributed by atoms with Gasteiger partial charge in [0.25, 0.3) is 0 Å². The summed E-state index contributed by atoms with van der Waals surface area (Å²) in [5.41, 5.74) is 0. The average molecular weight is 281 g/mol. The molecule has 1 aliphatic heterocycles. The molecule has 0 bridgehead atoms. The Kier molecular flexibility index (Phi) is 6.46. The minimum Gasteiger partial charge on any atom is -0.378 e. The minimum absolute atomic E-state index is 0.0439. The highest BCUT2D eigenvalue weighted by atomic mass is 16.5. The van der Waals surface area contributed by atoms with Crippen LogP contribution in [0.25, 0.3) is 0 Å². The molecule has 1 saturated heterocycles. The first-order valence-corrected chi connectivity index (χ1v) is 7.28. The zero-order chi connectivity index (χ0) is 14.0. The topological polar surface area (TPSA) is 81.1 Å². The number of aromatic nitrogens is 3. The number of nitrogens with zero attached hydrogens (tertiary/aromatic N) is 3. The van der Waals surface area contributed by atoms with Crippen molar-refractivity contribution in [2.24, 2.45) is 0 Å². The van der Waals surface area contributed by atoms with Crippen molar-refractivity contribution in [3.05, 3.63) is 12.4 Å². The summed E-state index contributed by atoms with van der Waals surface area (Å²) in [7, 11) is 0. The summed E-state index contributed by atoms with van der Waals surface area (Å²) in [6.45, 7) is 4.04. The van der Waals surface area contributed by atoms with Crippen molar-refractivity contribution in [2.75, 3.05) is 26.2 Å². The van der Waals surface area contributed by atoms with Crippen molar-refractivity contribution < 1.29 is 9.53 Å². The van der Waals surface area contributed by atoms with Gasteiger partial charge in [-0.1, -0.05) is 5.21 Å². The van der Waals surface area contributed by atoms with Crippen LogP contribution in [0, 0.1) is 0 Å². The molecule has 112 valence electrons. The molecule has 1 aromatic heterocycles. The summed E-state index contributed by atoms with van der Waals surface area (Å²) in [4.78, 5) is 11.6. The molecule has 1 aromatic rings. The maximum Gasteiger partial charge on any atom is 0.221 e. The molecular weight excluding hydrogens is 258 g/mol. The van der Waals surface area contributed by atoms with Crippen LogP contribution in [0.15, 0.2) is 12.4 Å². The lowest BCUT2D eigenvalue weighted by molar-refractivity contribution is -0.121. The SMILES string of the molecule is O=C(CCn1ccnn1)NCCCOC1CCNCC1. The van der Waals surface area contributed by atoms with Crippen LogP contribution in [0.2, 0.25) is 0 Å². The highest BCUT2D eigenvalue weighted by molar-refractivity contribution is 5.75. The quantitative estimate of drug-likeness (QED) is 0.653. The first-order valence-electron chi connectivity index (χ1n) is 7.28. The van der Waals surface area contributed by atoms with Gasteiger partial charge in [-0.2, -0.15) is 0 Å². The molecule has 7 heteroatoms. The van der Waals surface area contributed by atoms with Gasteiger partial charge in [-0.15, -0.1) is 5.10 Å². The Morgan fingerprint density at radius 1 is 1.45 bits per heavy atom. The summed E-state index contributed by atoms with van der Waals surface area (Å²) in [5, 5.41) is 13.7. The molecule has 0 aliphatic carbocycles. The Hall–Kier alpha value is -1.47. The van der Waals surface area contributed by atoms with Crippen molar-refractivity contribution in [1.82, 2.24) is 25.6 Å². The van der Waals surface area contributed by atoms with Gasteiger partial charge >= 0.3 is 0 Å². The number of ether oxygens (including phenoxy) is 1.